The Morgan fingerprint density at radius 1 is 1.26 bits per heavy atom. The third-order valence-electron chi connectivity index (χ3n) is 4.70. The molecular weight excluding hydrogens is 370 g/mol. The van der Waals surface area contributed by atoms with Crippen molar-refractivity contribution in [1.29, 1.82) is 0 Å². The molecule has 1 heterocycles. The summed E-state index contributed by atoms with van der Waals surface area (Å²) in [6.45, 7) is 1.16. The van der Waals surface area contributed by atoms with Crippen molar-refractivity contribution in [3.8, 4) is 5.75 Å². The van der Waals surface area contributed by atoms with E-state index >= 15 is 0 Å². The second-order valence-corrected chi connectivity index (χ2v) is 6.78. The summed E-state index contributed by atoms with van der Waals surface area (Å²) in [5.74, 6) is 0.274. The van der Waals surface area contributed by atoms with Gasteiger partial charge >= 0.3 is 0 Å². The van der Waals surface area contributed by atoms with Gasteiger partial charge in [-0.2, -0.15) is 0 Å². The van der Waals surface area contributed by atoms with Crippen LogP contribution in [-0.4, -0.2) is 31.0 Å². The second kappa shape index (κ2) is 8.26. The zero-order valence-electron chi connectivity index (χ0n) is 14.9. The van der Waals surface area contributed by atoms with Crippen LogP contribution in [0.25, 0.3) is 0 Å². The number of hydrogen-bond donors (Lipinski definition) is 1. The average molecular weight is 390 g/mol. The number of nitro groups is 1. The maximum atomic E-state index is 12.6. The number of amides is 1. The summed E-state index contributed by atoms with van der Waals surface area (Å²) in [5.41, 5.74) is 1.22. The monoisotopic (exact) mass is 389 g/mol. The predicted octanol–water partition coefficient (Wildman–Crippen LogP) is 4.11. The first-order chi connectivity index (χ1) is 13.0. The topological polar surface area (TPSA) is 84.7 Å². The van der Waals surface area contributed by atoms with E-state index in [0.29, 0.717) is 48.1 Å². The molecule has 1 aliphatic heterocycles. The van der Waals surface area contributed by atoms with Gasteiger partial charge in [-0.25, -0.2) is 0 Å². The molecule has 0 unspecified atom stereocenters. The summed E-state index contributed by atoms with van der Waals surface area (Å²) < 4.78 is 5.25. The van der Waals surface area contributed by atoms with E-state index in [9.17, 15) is 14.9 Å². The summed E-state index contributed by atoms with van der Waals surface area (Å²) in [6.07, 6.45) is 1.22. The van der Waals surface area contributed by atoms with E-state index in [0.717, 1.165) is 0 Å². The number of nitrogens with zero attached hydrogens (tertiary/aromatic N) is 2. The van der Waals surface area contributed by atoms with E-state index in [1.165, 1.54) is 13.2 Å². The molecule has 1 fully saturated rings. The molecule has 0 spiro atoms. The van der Waals surface area contributed by atoms with E-state index in [2.05, 4.69) is 5.32 Å². The van der Waals surface area contributed by atoms with Gasteiger partial charge in [0.2, 0.25) is 5.91 Å². The molecule has 0 atom stereocenters. The molecule has 1 saturated heterocycles. The fourth-order valence-electron chi connectivity index (χ4n) is 3.28. The number of ether oxygens (including phenoxy) is 1. The van der Waals surface area contributed by atoms with Crippen LogP contribution in [0.3, 0.4) is 0 Å². The molecule has 0 bridgehead atoms. The number of halogens is 1. The lowest BCUT2D eigenvalue weighted by atomic mass is 9.95. The summed E-state index contributed by atoms with van der Waals surface area (Å²) in [5, 5.41) is 14.6. The van der Waals surface area contributed by atoms with Gasteiger partial charge < -0.3 is 15.0 Å². The number of piperidine rings is 1. The lowest BCUT2D eigenvalue weighted by Gasteiger charge is -2.32. The first-order valence-electron chi connectivity index (χ1n) is 8.62. The average Bonchev–Trinajstić information content (AvgIpc) is 2.68. The molecule has 27 heavy (non-hydrogen) atoms. The van der Waals surface area contributed by atoms with Crippen LogP contribution in [-0.2, 0) is 4.79 Å². The highest BCUT2D eigenvalue weighted by Gasteiger charge is 2.28. The fraction of sp³-hybridized carbons (Fsp3) is 0.316. The summed E-state index contributed by atoms with van der Waals surface area (Å²) >= 11 is 6.00. The predicted molar refractivity (Wildman–Crippen MR) is 105 cm³/mol. The Morgan fingerprint density at radius 3 is 2.63 bits per heavy atom. The summed E-state index contributed by atoms with van der Waals surface area (Å²) in [7, 11) is 1.53. The van der Waals surface area contributed by atoms with E-state index < -0.39 is 0 Å². The van der Waals surface area contributed by atoms with Gasteiger partial charge in [-0.3, -0.25) is 14.9 Å². The molecule has 0 aliphatic carbocycles. The number of para-hydroxylation sites is 2. The van der Waals surface area contributed by atoms with Gasteiger partial charge in [-0.15, -0.1) is 0 Å². The van der Waals surface area contributed by atoms with Crippen molar-refractivity contribution >= 4 is 34.6 Å². The summed E-state index contributed by atoms with van der Waals surface area (Å²) in [6, 6.07) is 11.7. The second-order valence-electron chi connectivity index (χ2n) is 6.34. The number of methoxy groups -OCH3 is 1. The highest BCUT2D eigenvalue weighted by Crippen LogP contribution is 2.32. The Balaban J connectivity index is 1.65. The van der Waals surface area contributed by atoms with Crippen LogP contribution in [0.1, 0.15) is 12.8 Å². The molecule has 1 amide bonds. The van der Waals surface area contributed by atoms with Crippen LogP contribution < -0.4 is 15.0 Å². The van der Waals surface area contributed by atoms with E-state index in [1.54, 1.807) is 36.4 Å². The highest BCUT2D eigenvalue weighted by molar-refractivity contribution is 6.31. The molecule has 0 aromatic heterocycles. The molecule has 3 rings (SSSR count). The lowest BCUT2D eigenvalue weighted by Crippen LogP contribution is -2.38. The van der Waals surface area contributed by atoms with Crippen molar-refractivity contribution in [2.45, 2.75) is 12.8 Å². The third kappa shape index (κ3) is 4.31. The Labute approximate surface area is 162 Å². The highest BCUT2D eigenvalue weighted by atomic mass is 35.5. The molecule has 1 N–H and O–H groups in total. The smallest absolute Gasteiger partial charge is 0.292 e. The molecule has 2 aromatic rings. The molecule has 1 aliphatic rings. The number of benzene rings is 2. The molecule has 0 radical (unpaired) electrons. The number of anilines is 2. The standard InChI is InChI=1S/C19H20ClN3O4/c1-27-18-7-6-14(20)12-15(18)21-19(24)13-8-10-22(11-9-13)16-4-2-3-5-17(16)23(25)26/h2-7,12-13H,8-11H2,1H3,(H,21,24). The Hall–Kier alpha value is -2.80. The molecule has 2 aromatic carbocycles. The number of rotatable bonds is 5. The van der Waals surface area contributed by atoms with Gasteiger partial charge in [-0.05, 0) is 37.1 Å². The van der Waals surface area contributed by atoms with Gasteiger partial charge in [0.15, 0.2) is 0 Å². The van der Waals surface area contributed by atoms with Crippen LogP contribution in [0.2, 0.25) is 5.02 Å². The lowest BCUT2D eigenvalue weighted by molar-refractivity contribution is -0.384. The van der Waals surface area contributed by atoms with Crippen LogP contribution in [0.5, 0.6) is 5.75 Å². The molecule has 142 valence electrons. The minimum atomic E-state index is -0.375. The quantitative estimate of drug-likeness (QED) is 0.614. The fourth-order valence-corrected chi connectivity index (χ4v) is 3.45. The van der Waals surface area contributed by atoms with Gasteiger partial charge in [-0.1, -0.05) is 23.7 Å². The number of hydrogen-bond acceptors (Lipinski definition) is 5. The van der Waals surface area contributed by atoms with Crippen molar-refractivity contribution in [3.63, 3.8) is 0 Å². The normalized spacial score (nSPS) is 14.7. The summed E-state index contributed by atoms with van der Waals surface area (Å²) in [4.78, 5) is 25.4. The zero-order valence-corrected chi connectivity index (χ0v) is 15.6. The third-order valence-corrected chi connectivity index (χ3v) is 4.94. The first kappa shape index (κ1) is 19.0. The van der Waals surface area contributed by atoms with Crippen molar-refractivity contribution < 1.29 is 14.5 Å². The molecule has 0 saturated carbocycles. The van der Waals surface area contributed by atoms with Crippen LogP contribution in [0.4, 0.5) is 17.1 Å². The maximum absolute atomic E-state index is 12.6. The zero-order chi connectivity index (χ0) is 19.4. The Morgan fingerprint density at radius 2 is 1.96 bits per heavy atom. The van der Waals surface area contributed by atoms with Crippen LogP contribution in [0, 0.1) is 16.0 Å². The molecule has 7 nitrogen and oxygen atoms in total. The molecule has 8 heteroatoms. The van der Waals surface area contributed by atoms with Crippen molar-refractivity contribution in [2.24, 2.45) is 5.92 Å². The van der Waals surface area contributed by atoms with Gasteiger partial charge in [0.1, 0.15) is 11.4 Å². The van der Waals surface area contributed by atoms with E-state index in [4.69, 9.17) is 16.3 Å². The minimum absolute atomic E-state index is 0.0871. The number of nitrogens with one attached hydrogen (secondary N) is 1. The largest absolute Gasteiger partial charge is 0.495 e. The number of nitro benzene ring substituents is 1. The van der Waals surface area contributed by atoms with Gasteiger partial charge in [0.05, 0.1) is 17.7 Å². The first-order valence-corrected chi connectivity index (χ1v) is 9.00. The van der Waals surface area contributed by atoms with E-state index in [-0.39, 0.29) is 22.4 Å². The SMILES string of the molecule is COc1ccc(Cl)cc1NC(=O)C1CCN(c2ccccc2[N+](=O)[O-])CC1. The minimum Gasteiger partial charge on any atom is -0.495 e. The maximum Gasteiger partial charge on any atom is 0.292 e. The van der Waals surface area contributed by atoms with Crippen LogP contribution >= 0.6 is 11.6 Å². The van der Waals surface area contributed by atoms with Crippen molar-refractivity contribution in [2.75, 3.05) is 30.4 Å². The van der Waals surface area contributed by atoms with Crippen LogP contribution in [0.15, 0.2) is 42.5 Å². The van der Waals surface area contributed by atoms with E-state index in [1.807, 2.05) is 4.90 Å². The van der Waals surface area contributed by atoms with Crippen molar-refractivity contribution in [1.82, 2.24) is 0 Å². The van der Waals surface area contributed by atoms with Gasteiger partial charge in [0, 0.05) is 30.1 Å². The molecular formula is C19H20ClN3O4. The number of carbonyl (C=O) groups excluding carboxylic acids is 1. The number of carbonyl (C=O) groups is 1. The van der Waals surface area contributed by atoms with Gasteiger partial charge in [0.25, 0.3) is 5.69 Å². The Bertz CT molecular complexity index is 851. The van der Waals surface area contributed by atoms with Crippen molar-refractivity contribution in [3.05, 3.63) is 57.6 Å². The Kier molecular flexibility index (Phi) is 5.81.